The summed E-state index contributed by atoms with van der Waals surface area (Å²) in [7, 11) is -3.86. The van der Waals surface area contributed by atoms with Gasteiger partial charge in [-0.1, -0.05) is 6.07 Å². The van der Waals surface area contributed by atoms with Crippen molar-refractivity contribution in [3.8, 4) is 0 Å². The first kappa shape index (κ1) is 19.4. The van der Waals surface area contributed by atoms with E-state index in [1.165, 1.54) is 29.6 Å². The number of ether oxygens (including phenoxy) is 1. The molecule has 0 bridgehead atoms. The van der Waals surface area contributed by atoms with Crippen molar-refractivity contribution in [1.82, 2.24) is 4.98 Å². The molecule has 0 saturated heterocycles. The highest BCUT2D eigenvalue weighted by atomic mass is 32.2. The highest BCUT2D eigenvalue weighted by molar-refractivity contribution is 8.14. The van der Waals surface area contributed by atoms with Crippen molar-refractivity contribution >= 4 is 50.0 Å². The standard InChI is InChI=1S/C14H15N3O5S3/c1-8(2)22-14(19)24-13-17-11(7-23-13)12(18)16-9-4-3-5-10(6-9)25(15,20)21/h3-8H,1-2H3,(H,16,18)(H2,15,20,21). The Kier molecular flexibility index (Phi) is 6.16. The second-order valence-corrected chi connectivity index (χ2v) is 8.65. The predicted octanol–water partition coefficient (Wildman–Crippen LogP) is 2.68. The van der Waals surface area contributed by atoms with Crippen molar-refractivity contribution in [3.05, 3.63) is 35.3 Å². The van der Waals surface area contributed by atoms with Crippen molar-refractivity contribution < 1.29 is 22.7 Å². The lowest BCUT2D eigenvalue weighted by Crippen LogP contribution is -2.15. The van der Waals surface area contributed by atoms with Crippen LogP contribution in [0.15, 0.2) is 38.9 Å². The summed E-state index contributed by atoms with van der Waals surface area (Å²) in [6, 6.07) is 5.55. The van der Waals surface area contributed by atoms with Crippen molar-refractivity contribution in [2.75, 3.05) is 5.32 Å². The Balaban J connectivity index is 2.06. The molecule has 1 heterocycles. The lowest BCUT2D eigenvalue weighted by molar-refractivity contribution is 0.102. The Labute approximate surface area is 152 Å². The molecule has 1 aromatic heterocycles. The molecule has 0 radical (unpaired) electrons. The fraction of sp³-hybridized carbons (Fsp3) is 0.214. The molecule has 0 aliphatic carbocycles. The monoisotopic (exact) mass is 401 g/mol. The topological polar surface area (TPSA) is 128 Å². The molecule has 0 fully saturated rings. The number of nitrogens with two attached hydrogens (primary N) is 1. The summed E-state index contributed by atoms with van der Waals surface area (Å²) in [5.74, 6) is -0.535. The van der Waals surface area contributed by atoms with Gasteiger partial charge in [0, 0.05) is 22.8 Å². The zero-order valence-electron chi connectivity index (χ0n) is 13.3. The maximum atomic E-state index is 12.2. The third-order valence-electron chi connectivity index (χ3n) is 2.64. The first-order valence-corrected chi connectivity index (χ1v) is 10.2. The summed E-state index contributed by atoms with van der Waals surface area (Å²) >= 11 is 1.92. The number of carbonyl (C=O) groups excluding carboxylic acids is 2. The number of amides is 1. The van der Waals surface area contributed by atoms with Crippen LogP contribution in [0.5, 0.6) is 0 Å². The van der Waals surface area contributed by atoms with E-state index in [9.17, 15) is 18.0 Å². The number of rotatable bonds is 5. The molecule has 2 rings (SSSR count). The molecule has 0 aliphatic rings. The summed E-state index contributed by atoms with van der Waals surface area (Å²) in [5, 5.41) is 8.57. The molecule has 2 aromatic rings. The van der Waals surface area contributed by atoms with Gasteiger partial charge in [0.15, 0.2) is 4.34 Å². The Morgan fingerprint density at radius 1 is 1.36 bits per heavy atom. The van der Waals surface area contributed by atoms with Crippen LogP contribution < -0.4 is 10.5 Å². The van der Waals surface area contributed by atoms with Crippen LogP contribution in [0, 0.1) is 0 Å². The number of anilines is 1. The summed E-state index contributed by atoms with van der Waals surface area (Å²) < 4.78 is 28.0. The van der Waals surface area contributed by atoms with Gasteiger partial charge in [0.25, 0.3) is 5.91 Å². The van der Waals surface area contributed by atoms with E-state index in [0.717, 1.165) is 23.1 Å². The molecule has 1 aromatic carbocycles. The van der Waals surface area contributed by atoms with Crippen LogP contribution >= 0.6 is 23.1 Å². The highest BCUT2D eigenvalue weighted by Gasteiger charge is 2.16. The zero-order chi connectivity index (χ0) is 18.6. The number of thioether (sulfide) groups is 1. The van der Waals surface area contributed by atoms with Crippen LogP contribution in [0.3, 0.4) is 0 Å². The zero-order valence-corrected chi connectivity index (χ0v) is 15.7. The molecular weight excluding hydrogens is 386 g/mol. The number of thiazole rings is 1. The molecule has 25 heavy (non-hydrogen) atoms. The number of hydrogen-bond donors (Lipinski definition) is 2. The van der Waals surface area contributed by atoms with Crippen LogP contribution in [0.2, 0.25) is 0 Å². The number of carbonyl (C=O) groups is 2. The Morgan fingerprint density at radius 2 is 2.08 bits per heavy atom. The number of primary sulfonamides is 1. The smallest absolute Gasteiger partial charge is 0.374 e. The molecule has 0 aliphatic heterocycles. The van der Waals surface area contributed by atoms with Crippen molar-refractivity contribution in [2.24, 2.45) is 5.14 Å². The summed E-state index contributed by atoms with van der Waals surface area (Å²) in [4.78, 5) is 27.7. The van der Waals surface area contributed by atoms with Crippen molar-refractivity contribution in [1.29, 1.82) is 0 Å². The van der Waals surface area contributed by atoms with E-state index >= 15 is 0 Å². The normalized spacial score (nSPS) is 11.4. The molecule has 0 saturated carbocycles. The van der Waals surface area contributed by atoms with Crippen LogP contribution in [0.25, 0.3) is 0 Å². The minimum absolute atomic E-state index is 0.103. The number of aromatic nitrogens is 1. The van der Waals surface area contributed by atoms with E-state index in [1.807, 2.05) is 0 Å². The van der Waals surface area contributed by atoms with Crippen LogP contribution in [0.4, 0.5) is 10.5 Å². The molecule has 8 nitrogen and oxygen atoms in total. The van der Waals surface area contributed by atoms with Gasteiger partial charge in [-0.3, -0.25) is 4.79 Å². The Bertz CT molecular complexity index is 893. The van der Waals surface area contributed by atoms with Crippen molar-refractivity contribution in [3.63, 3.8) is 0 Å². The molecule has 11 heteroatoms. The lowest BCUT2D eigenvalue weighted by Gasteiger charge is -2.05. The van der Waals surface area contributed by atoms with E-state index in [-0.39, 0.29) is 22.4 Å². The Morgan fingerprint density at radius 3 is 2.72 bits per heavy atom. The van der Waals surface area contributed by atoms with Gasteiger partial charge >= 0.3 is 5.30 Å². The van der Waals surface area contributed by atoms with Gasteiger partial charge in [-0.2, -0.15) is 0 Å². The van der Waals surface area contributed by atoms with Crippen LogP contribution in [-0.2, 0) is 14.8 Å². The van der Waals surface area contributed by atoms with Gasteiger partial charge in [-0.15, -0.1) is 11.3 Å². The second kappa shape index (κ2) is 7.95. The third kappa shape index (κ3) is 5.81. The highest BCUT2D eigenvalue weighted by Crippen LogP contribution is 2.25. The van der Waals surface area contributed by atoms with Crippen molar-refractivity contribution in [2.45, 2.75) is 29.2 Å². The van der Waals surface area contributed by atoms with Gasteiger partial charge in [0.2, 0.25) is 10.0 Å². The predicted molar refractivity (Wildman–Crippen MR) is 95.4 cm³/mol. The fourth-order valence-corrected chi connectivity index (χ4v) is 3.79. The largest absolute Gasteiger partial charge is 0.455 e. The summed E-state index contributed by atoms with van der Waals surface area (Å²) in [6.45, 7) is 3.46. The molecule has 0 atom stereocenters. The van der Waals surface area contributed by atoms with Gasteiger partial charge in [0.05, 0.1) is 11.0 Å². The molecule has 1 amide bonds. The second-order valence-electron chi connectivity index (χ2n) is 5.04. The van der Waals surface area contributed by atoms with Crippen LogP contribution in [0.1, 0.15) is 24.3 Å². The molecular formula is C14H15N3O5S3. The SMILES string of the molecule is CC(C)OC(=O)Sc1nc(C(=O)Nc2cccc(S(N)(=O)=O)c2)cs1. The maximum absolute atomic E-state index is 12.2. The number of hydrogen-bond acceptors (Lipinski definition) is 8. The average Bonchev–Trinajstić information content (AvgIpc) is 2.94. The van der Waals surface area contributed by atoms with Gasteiger partial charge in [-0.05, 0) is 32.0 Å². The quantitative estimate of drug-likeness (QED) is 0.582. The number of sulfonamides is 1. The molecule has 0 spiro atoms. The van der Waals surface area contributed by atoms with Gasteiger partial charge in [-0.25, -0.2) is 23.3 Å². The molecule has 134 valence electrons. The number of nitrogens with zero attached hydrogens (tertiary/aromatic N) is 1. The van der Waals surface area contributed by atoms with E-state index in [1.54, 1.807) is 13.8 Å². The maximum Gasteiger partial charge on any atom is 0.374 e. The lowest BCUT2D eigenvalue weighted by atomic mass is 10.3. The molecule has 3 N–H and O–H groups in total. The van der Waals surface area contributed by atoms with E-state index < -0.39 is 21.2 Å². The number of nitrogens with one attached hydrogen (secondary N) is 1. The van der Waals surface area contributed by atoms with E-state index in [2.05, 4.69) is 10.3 Å². The van der Waals surface area contributed by atoms with Gasteiger partial charge in [0.1, 0.15) is 5.69 Å². The van der Waals surface area contributed by atoms with E-state index in [0.29, 0.717) is 4.34 Å². The number of benzene rings is 1. The van der Waals surface area contributed by atoms with Gasteiger partial charge < -0.3 is 10.1 Å². The summed E-state index contributed by atoms with van der Waals surface area (Å²) in [6.07, 6.45) is -0.242. The van der Waals surface area contributed by atoms with E-state index in [4.69, 9.17) is 9.88 Å². The third-order valence-corrected chi connectivity index (χ3v) is 5.25. The van der Waals surface area contributed by atoms with Crippen LogP contribution in [-0.4, -0.2) is 30.7 Å². The minimum atomic E-state index is -3.86. The minimum Gasteiger partial charge on any atom is -0.455 e. The first-order chi connectivity index (χ1) is 11.6. The average molecular weight is 401 g/mol. The fourth-order valence-electron chi connectivity index (χ4n) is 1.64. The first-order valence-electron chi connectivity index (χ1n) is 6.93. The molecule has 0 unspecified atom stereocenters. The Hall–Kier alpha value is -1.95. The summed E-state index contributed by atoms with van der Waals surface area (Å²) in [5.41, 5.74) is 0.365.